The second-order valence-corrected chi connectivity index (χ2v) is 10.0. The number of benzene rings is 1. The van der Waals surface area contributed by atoms with Gasteiger partial charge in [-0.3, -0.25) is 20.4 Å². The first-order chi connectivity index (χ1) is 16.5. The first-order valence-electron chi connectivity index (χ1n) is 11.5. The standard InChI is InChI=1S/C22H30N8O5/c1-20(2)6-7-35-15-11(4-3-5-12(15)20)17(32)27-14-9-30-19(24)26-13(8-25-10-31)16-21(30,22(14,33)34)29-18(23)28-16/h3-5,10,13-14,16,33-34H,6-9H2,1-2H3,(H2,24,26)(H,25,31)(H,27,32)(H3,23,28,29)/t13-,14-,16-,21-/m0/s1. The summed E-state index contributed by atoms with van der Waals surface area (Å²) in [4.78, 5) is 25.6. The SMILES string of the molecule is CC1(C)CCOc2c(C(=O)N[C@H]3CN4C(=N)N[C@@H](CNC=O)[C@@H]5NC(=N)N[C@@]54C3(O)O)cccc21. The van der Waals surface area contributed by atoms with E-state index in [0.29, 0.717) is 18.8 Å². The van der Waals surface area contributed by atoms with E-state index in [1.807, 2.05) is 6.07 Å². The van der Waals surface area contributed by atoms with Crippen molar-refractivity contribution in [1.29, 1.82) is 10.8 Å². The summed E-state index contributed by atoms with van der Waals surface area (Å²) in [5.41, 5.74) is -0.706. The topological polar surface area (TPSA) is 195 Å². The number of carbonyl (C=O) groups excluding carboxylic acids is 2. The molecule has 1 spiro atoms. The average molecular weight is 487 g/mol. The van der Waals surface area contributed by atoms with Gasteiger partial charge in [-0.05, 0) is 17.9 Å². The van der Waals surface area contributed by atoms with Crippen LogP contribution in [0.3, 0.4) is 0 Å². The third kappa shape index (κ3) is 3.22. The van der Waals surface area contributed by atoms with Gasteiger partial charge in [0, 0.05) is 18.7 Å². The monoisotopic (exact) mass is 486 g/mol. The second-order valence-electron chi connectivity index (χ2n) is 10.0. The van der Waals surface area contributed by atoms with Crippen LogP contribution in [0.1, 0.15) is 36.2 Å². The van der Waals surface area contributed by atoms with E-state index in [2.05, 4.69) is 40.4 Å². The molecule has 0 saturated carbocycles. The van der Waals surface area contributed by atoms with Crippen molar-refractivity contribution in [3.63, 3.8) is 0 Å². The summed E-state index contributed by atoms with van der Waals surface area (Å²) in [5.74, 6) is -2.95. The third-order valence-corrected chi connectivity index (χ3v) is 7.59. The van der Waals surface area contributed by atoms with Gasteiger partial charge in [0.2, 0.25) is 12.2 Å². The molecule has 35 heavy (non-hydrogen) atoms. The minimum atomic E-state index is -2.59. The van der Waals surface area contributed by atoms with E-state index >= 15 is 0 Å². The highest BCUT2D eigenvalue weighted by Crippen LogP contribution is 2.44. The molecule has 3 saturated heterocycles. The van der Waals surface area contributed by atoms with Crippen LogP contribution in [0.2, 0.25) is 0 Å². The summed E-state index contributed by atoms with van der Waals surface area (Å²) in [6.45, 7) is 4.59. The number of ether oxygens (including phenoxy) is 1. The average Bonchev–Trinajstić information content (AvgIpc) is 3.26. The molecule has 0 bridgehead atoms. The van der Waals surface area contributed by atoms with E-state index in [9.17, 15) is 19.8 Å². The van der Waals surface area contributed by atoms with Crippen molar-refractivity contribution >= 4 is 24.2 Å². The molecule has 2 amide bonds. The minimum Gasteiger partial charge on any atom is -0.492 e. The molecule has 5 rings (SSSR count). The lowest BCUT2D eigenvalue weighted by atomic mass is 9.79. The summed E-state index contributed by atoms with van der Waals surface area (Å²) in [6.07, 6.45) is 1.31. The summed E-state index contributed by atoms with van der Waals surface area (Å²) >= 11 is 0. The van der Waals surface area contributed by atoms with Crippen molar-refractivity contribution in [2.24, 2.45) is 0 Å². The molecule has 13 heteroatoms. The summed E-state index contributed by atoms with van der Waals surface area (Å²) in [5, 5.41) is 53.4. The Hall–Kier alpha value is -3.58. The number of hydrogen-bond donors (Lipinski definition) is 9. The second kappa shape index (κ2) is 7.71. The number of guanidine groups is 2. The Kier molecular flexibility index (Phi) is 5.11. The molecule has 4 atom stereocenters. The van der Waals surface area contributed by atoms with Crippen LogP contribution >= 0.6 is 0 Å². The van der Waals surface area contributed by atoms with Crippen molar-refractivity contribution in [1.82, 2.24) is 31.5 Å². The van der Waals surface area contributed by atoms with Crippen LogP contribution in [-0.4, -0.2) is 88.6 Å². The number of nitrogens with zero attached hydrogens (tertiary/aromatic N) is 1. The molecule has 4 aliphatic rings. The fourth-order valence-electron chi connectivity index (χ4n) is 5.71. The van der Waals surface area contributed by atoms with E-state index in [4.69, 9.17) is 15.6 Å². The Morgan fingerprint density at radius 2 is 2.09 bits per heavy atom. The predicted octanol–water partition coefficient (Wildman–Crippen LogP) is -2.31. The van der Waals surface area contributed by atoms with Gasteiger partial charge >= 0.3 is 0 Å². The summed E-state index contributed by atoms with van der Waals surface area (Å²) in [6, 6.07) is 2.66. The molecule has 0 unspecified atom stereocenters. The van der Waals surface area contributed by atoms with Crippen LogP contribution in [0.15, 0.2) is 18.2 Å². The number of para-hydroxylation sites is 1. The molecule has 3 fully saturated rings. The molecule has 9 N–H and O–H groups in total. The van der Waals surface area contributed by atoms with E-state index < -0.39 is 35.5 Å². The molecule has 0 aromatic heterocycles. The Morgan fingerprint density at radius 3 is 2.83 bits per heavy atom. The molecule has 0 radical (unpaired) electrons. The van der Waals surface area contributed by atoms with Gasteiger partial charge in [0.1, 0.15) is 11.8 Å². The van der Waals surface area contributed by atoms with E-state index in [1.165, 1.54) is 4.90 Å². The fraction of sp³-hybridized carbons (Fsp3) is 0.545. The molecule has 1 aromatic rings. The molecule has 4 aliphatic heterocycles. The smallest absolute Gasteiger partial charge is 0.255 e. The predicted molar refractivity (Wildman–Crippen MR) is 124 cm³/mol. The molecular formula is C22H30N8O5. The molecule has 1 aromatic carbocycles. The van der Waals surface area contributed by atoms with Crippen molar-refractivity contribution in [3.05, 3.63) is 29.3 Å². The number of aliphatic hydroxyl groups is 2. The minimum absolute atomic E-state index is 0.0739. The van der Waals surface area contributed by atoms with Crippen LogP contribution in [0.25, 0.3) is 0 Å². The molecule has 13 nitrogen and oxygen atoms in total. The molecule has 188 valence electrons. The van der Waals surface area contributed by atoms with Crippen molar-refractivity contribution in [2.75, 3.05) is 19.7 Å². The number of hydrogen-bond acceptors (Lipinski definition) is 7. The van der Waals surface area contributed by atoms with Gasteiger partial charge in [0.15, 0.2) is 17.6 Å². The maximum atomic E-state index is 13.4. The van der Waals surface area contributed by atoms with Crippen molar-refractivity contribution in [2.45, 2.75) is 55.3 Å². The van der Waals surface area contributed by atoms with Crippen LogP contribution < -0.4 is 31.3 Å². The van der Waals surface area contributed by atoms with Gasteiger partial charge < -0.3 is 46.4 Å². The largest absolute Gasteiger partial charge is 0.492 e. The quantitative estimate of drug-likeness (QED) is 0.162. The summed E-state index contributed by atoms with van der Waals surface area (Å²) < 4.78 is 5.85. The normalized spacial score (nSPS) is 31.5. The van der Waals surface area contributed by atoms with Crippen LogP contribution in [-0.2, 0) is 10.2 Å². The Bertz CT molecular complexity index is 1110. The number of rotatable bonds is 5. The zero-order valence-corrected chi connectivity index (χ0v) is 19.4. The zero-order valence-electron chi connectivity index (χ0n) is 19.4. The van der Waals surface area contributed by atoms with Crippen LogP contribution in [0.4, 0.5) is 0 Å². The highest BCUT2D eigenvalue weighted by molar-refractivity contribution is 5.98. The Morgan fingerprint density at radius 1 is 1.31 bits per heavy atom. The molecular weight excluding hydrogens is 456 g/mol. The van der Waals surface area contributed by atoms with Crippen LogP contribution in [0, 0.1) is 10.8 Å². The number of nitrogens with one attached hydrogen (secondary N) is 7. The van der Waals surface area contributed by atoms with Gasteiger partial charge in [-0.15, -0.1) is 0 Å². The maximum absolute atomic E-state index is 13.4. The Balaban J connectivity index is 1.47. The Labute approximate surface area is 201 Å². The van der Waals surface area contributed by atoms with E-state index in [0.717, 1.165) is 12.0 Å². The van der Waals surface area contributed by atoms with E-state index in [-0.39, 0.29) is 36.0 Å². The van der Waals surface area contributed by atoms with Gasteiger partial charge in [-0.25, -0.2) is 0 Å². The van der Waals surface area contributed by atoms with Gasteiger partial charge in [0.25, 0.3) is 5.91 Å². The maximum Gasteiger partial charge on any atom is 0.255 e. The van der Waals surface area contributed by atoms with Gasteiger partial charge in [-0.2, -0.15) is 0 Å². The molecule has 0 aliphatic carbocycles. The van der Waals surface area contributed by atoms with Crippen molar-refractivity contribution in [3.8, 4) is 5.75 Å². The number of amides is 2. The lowest BCUT2D eigenvalue weighted by molar-refractivity contribution is -0.232. The molecule has 4 heterocycles. The van der Waals surface area contributed by atoms with Gasteiger partial charge in [0.05, 0.1) is 24.3 Å². The lowest BCUT2D eigenvalue weighted by Gasteiger charge is -2.51. The fourth-order valence-corrected chi connectivity index (χ4v) is 5.71. The van der Waals surface area contributed by atoms with Crippen molar-refractivity contribution < 1.29 is 24.5 Å². The van der Waals surface area contributed by atoms with Crippen LogP contribution in [0.5, 0.6) is 5.75 Å². The number of fused-ring (bicyclic) bond motifs is 1. The highest BCUT2D eigenvalue weighted by Gasteiger charge is 2.74. The number of carbonyl (C=O) groups is 2. The first kappa shape index (κ1) is 23.2. The van der Waals surface area contributed by atoms with Gasteiger partial charge in [-0.1, -0.05) is 26.0 Å². The zero-order chi connectivity index (χ0) is 25.2. The lowest BCUT2D eigenvalue weighted by Crippen LogP contribution is -2.81. The first-order valence-corrected chi connectivity index (χ1v) is 11.5. The third-order valence-electron chi connectivity index (χ3n) is 7.59. The summed E-state index contributed by atoms with van der Waals surface area (Å²) in [7, 11) is 0. The highest BCUT2D eigenvalue weighted by atomic mass is 16.5. The van der Waals surface area contributed by atoms with E-state index in [1.54, 1.807) is 12.1 Å².